The van der Waals surface area contributed by atoms with Gasteiger partial charge in [-0.3, -0.25) is 9.80 Å². The highest BCUT2D eigenvalue weighted by molar-refractivity contribution is 5.29. The van der Waals surface area contributed by atoms with E-state index in [-0.39, 0.29) is 11.9 Å². The number of aromatic nitrogens is 1. The Morgan fingerprint density at radius 3 is 2.60 bits per heavy atom. The van der Waals surface area contributed by atoms with Gasteiger partial charge in [-0.05, 0) is 75.6 Å². The van der Waals surface area contributed by atoms with Crippen LogP contribution in [0.3, 0.4) is 0 Å². The second kappa shape index (κ2) is 9.41. The molecule has 0 aliphatic carbocycles. The summed E-state index contributed by atoms with van der Waals surface area (Å²) in [6.45, 7) is 9.59. The van der Waals surface area contributed by atoms with Gasteiger partial charge in [0.05, 0.1) is 12.8 Å². The molecule has 0 amide bonds. The Morgan fingerprint density at radius 2 is 1.90 bits per heavy atom. The summed E-state index contributed by atoms with van der Waals surface area (Å²) in [5.41, 5.74) is 3.51. The summed E-state index contributed by atoms with van der Waals surface area (Å²) in [6, 6.07) is 9.85. The van der Waals surface area contributed by atoms with E-state index in [1.54, 1.807) is 12.1 Å². The number of likely N-dealkylation sites (tertiary alicyclic amines) is 1. The van der Waals surface area contributed by atoms with E-state index in [0.29, 0.717) is 11.9 Å². The molecule has 0 atom stereocenters. The van der Waals surface area contributed by atoms with Crippen LogP contribution in [0.2, 0.25) is 0 Å². The van der Waals surface area contributed by atoms with Crippen molar-refractivity contribution in [3.8, 4) is 5.88 Å². The summed E-state index contributed by atoms with van der Waals surface area (Å²) < 4.78 is 19.6. The molecule has 4 rings (SSSR count). The van der Waals surface area contributed by atoms with E-state index in [4.69, 9.17) is 4.74 Å². The van der Waals surface area contributed by atoms with E-state index in [0.717, 1.165) is 57.8 Å². The first-order valence-electron chi connectivity index (χ1n) is 11.0. The molecule has 3 heterocycles. The molecule has 2 aliphatic heterocycles. The molecule has 1 aromatic carbocycles. The number of hydrogen-bond donors (Lipinski definition) is 0. The van der Waals surface area contributed by atoms with Gasteiger partial charge in [-0.15, -0.1) is 0 Å². The van der Waals surface area contributed by atoms with Crippen LogP contribution >= 0.6 is 0 Å². The van der Waals surface area contributed by atoms with Crippen molar-refractivity contribution < 1.29 is 9.13 Å². The molecule has 5 nitrogen and oxygen atoms in total. The van der Waals surface area contributed by atoms with Gasteiger partial charge in [0.2, 0.25) is 5.88 Å². The van der Waals surface area contributed by atoms with E-state index < -0.39 is 0 Å². The van der Waals surface area contributed by atoms with Crippen LogP contribution in [0.15, 0.2) is 36.5 Å². The van der Waals surface area contributed by atoms with Gasteiger partial charge < -0.3 is 9.64 Å². The molecule has 1 fully saturated rings. The minimum atomic E-state index is -0.143. The standard InChI is InChI=1S/C24H33FN4O/c1-18(2)30-24-7-4-19(13-26-24)14-28-15-20-5-6-22(25)12-21(20)16-29(17-28)23-8-10-27(3)11-9-23/h4-7,12-13,18,23H,8-11,14-17H2,1-3H3. The van der Waals surface area contributed by atoms with Crippen LogP contribution in [0.4, 0.5) is 4.39 Å². The summed E-state index contributed by atoms with van der Waals surface area (Å²) in [4.78, 5) is 11.8. The average Bonchev–Trinajstić information content (AvgIpc) is 2.88. The second-order valence-electron chi connectivity index (χ2n) is 8.99. The van der Waals surface area contributed by atoms with Crippen LogP contribution in [0.5, 0.6) is 5.88 Å². The Morgan fingerprint density at radius 1 is 1.10 bits per heavy atom. The van der Waals surface area contributed by atoms with E-state index in [1.807, 2.05) is 32.2 Å². The fourth-order valence-corrected chi connectivity index (χ4v) is 4.50. The minimum Gasteiger partial charge on any atom is -0.475 e. The zero-order valence-corrected chi connectivity index (χ0v) is 18.4. The van der Waals surface area contributed by atoms with Gasteiger partial charge in [0, 0.05) is 37.9 Å². The maximum Gasteiger partial charge on any atom is 0.213 e. The first kappa shape index (κ1) is 21.2. The lowest BCUT2D eigenvalue weighted by atomic mass is 10.0. The number of hydrogen-bond acceptors (Lipinski definition) is 5. The van der Waals surface area contributed by atoms with Crippen molar-refractivity contribution in [1.82, 2.24) is 19.7 Å². The maximum absolute atomic E-state index is 14.0. The predicted molar refractivity (Wildman–Crippen MR) is 117 cm³/mol. The van der Waals surface area contributed by atoms with Crippen molar-refractivity contribution in [3.63, 3.8) is 0 Å². The lowest BCUT2D eigenvalue weighted by Gasteiger charge is -2.38. The zero-order valence-electron chi connectivity index (χ0n) is 18.4. The minimum absolute atomic E-state index is 0.119. The summed E-state index contributed by atoms with van der Waals surface area (Å²) in [6.07, 6.45) is 4.36. The molecule has 30 heavy (non-hydrogen) atoms. The number of piperidine rings is 1. The number of ether oxygens (including phenoxy) is 1. The summed E-state index contributed by atoms with van der Waals surface area (Å²) in [5.74, 6) is 0.522. The molecule has 0 radical (unpaired) electrons. The Labute approximate surface area is 179 Å². The number of nitrogens with zero attached hydrogens (tertiary/aromatic N) is 4. The molecule has 1 aromatic heterocycles. The molecule has 0 unspecified atom stereocenters. The van der Waals surface area contributed by atoms with Gasteiger partial charge in [0.25, 0.3) is 0 Å². The van der Waals surface area contributed by atoms with Crippen LogP contribution < -0.4 is 4.74 Å². The number of benzene rings is 1. The van der Waals surface area contributed by atoms with Crippen molar-refractivity contribution >= 4 is 0 Å². The molecule has 0 saturated carbocycles. The molecule has 1 saturated heterocycles. The number of fused-ring (bicyclic) bond motifs is 1. The Hall–Kier alpha value is -2.02. The van der Waals surface area contributed by atoms with Gasteiger partial charge in [0.15, 0.2) is 0 Å². The van der Waals surface area contributed by atoms with Crippen LogP contribution in [-0.4, -0.2) is 58.6 Å². The van der Waals surface area contributed by atoms with E-state index in [1.165, 1.54) is 11.1 Å². The van der Waals surface area contributed by atoms with Crippen molar-refractivity contribution in [2.24, 2.45) is 0 Å². The molecule has 0 spiro atoms. The van der Waals surface area contributed by atoms with Gasteiger partial charge in [-0.2, -0.15) is 0 Å². The molecule has 0 N–H and O–H groups in total. The van der Waals surface area contributed by atoms with Gasteiger partial charge in [0.1, 0.15) is 5.82 Å². The van der Waals surface area contributed by atoms with Crippen LogP contribution in [-0.2, 0) is 19.6 Å². The fourth-order valence-electron chi connectivity index (χ4n) is 4.50. The predicted octanol–water partition coefficient (Wildman–Crippen LogP) is 3.88. The van der Waals surface area contributed by atoms with Crippen molar-refractivity contribution in [1.29, 1.82) is 0 Å². The molecular formula is C24H33FN4O. The van der Waals surface area contributed by atoms with Gasteiger partial charge in [-0.25, -0.2) is 9.37 Å². The van der Waals surface area contributed by atoms with Crippen LogP contribution in [0.1, 0.15) is 43.4 Å². The SMILES string of the molecule is CC(C)Oc1ccc(CN2Cc3ccc(F)cc3CN(C3CCN(C)CC3)C2)cn1. The van der Waals surface area contributed by atoms with Gasteiger partial charge in [-0.1, -0.05) is 12.1 Å². The summed E-state index contributed by atoms with van der Waals surface area (Å²) in [5, 5.41) is 0. The van der Waals surface area contributed by atoms with Gasteiger partial charge >= 0.3 is 0 Å². The van der Waals surface area contributed by atoms with Crippen LogP contribution in [0, 0.1) is 5.82 Å². The Bertz CT molecular complexity index is 834. The first-order chi connectivity index (χ1) is 14.5. The highest BCUT2D eigenvalue weighted by Crippen LogP contribution is 2.26. The Balaban J connectivity index is 1.52. The lowest BCUT2D eigenvalue weighted by molar-refractivity contribution is 0.0540. The molecule has 2 aromatic rings. The third-order valence-electron chi connectivity index (χ3n) is 6.08. The molecule has 2 aliphatic rings. The highest BCUT2D eigenvalue weighted by atomic mass is 19.1. The molecule has 162 valence electrons. The smallest absolute Gasteiger partial charge is 0.213 e. The second-order valence-corrected chi connectivity index (χ2v) is 8.99. The highest BCUT2D eigenvalue weighted by Gasteiger charge is 2.28. The van der Waals surface area contributed by atoms with Crippen molar-refractivity contribution in [2.45, 2.75) is 58.5 Å². The largest absolute Gasteiger partial charge is 0.475 e. The molecule has 0 bridgehead atoms. The fraction of sp³-hybridized carbons (Fsp3) is 0.542. The summed E-state index contributed by atoms with van der Waals surface area (Å²) >= 11 is 0. The van der Waals surface area contributed by atoms with Crippen molar-refractivity contribution in [3.05, 3.63) is 59.0 Å². The average molecular weight is 413 g/mol. The van der Waals surface area contributed by atoms with E-state index in [9.17, 15) is 4.39 Å². The van der Waals surface area contributed by atoms with Crippen LogP contribution in [0.25, 0.3) is 0 Å². The van der Waals surface area contributed by atoms with E-state index in [2.05, 4.69) is 32.8 Å². The summed E-state index contributed by atoms with van der Waals surface area (Å²) in [7, 11) is 2.19. The topological polar surface area (TPSA) is 31.8 Å². The first-order valence-corrected chi connectivity index (χ1v) is 11.0. The normalized spacial score (nSPS) is 19.6. The number of halogens is 1. The maximum atomic E-state index is 14.0. The van der Waals surface area contributed by atoms with E-state index >= 15 is 0 Å². The van der Waals surface area contributed by atoms with Crippen molar-refractivity contribution in [2.75, 3.05) is 26.8 Å². The third kappa shape index (κ3) is 5.36. The monoisotopic (exact) mass is 412 g/mol. The lowest BCUT2D eigenvalue weighted by Crippen LogP contribution is -2.46. The number of pyridine rings is 1. The zero-order chi connectivity index (χ0) is 21.1. The third-order valence-corrected chi connectivity index (χ3v) is 6.08. The molecular weight excluding hydrogens is 379 g/mol. The Kier molecular flexibility index (Phi) is 6.66. The number of rotatable bonds is 5. The quantitative estimate of drug-likeness (QED) is 0.744. The molecule has 6 heteroatoms.